The number of aromatic hydroxyl groups is 2. The first-order valence-corrected chi connectivity index (χ1v) is 11.5. The van der Waals surface area contributed by atoms with Gasteiger partial charge in [-0.15, -0.1) is 0 Å². The summed E-state index contributed by atoms with van der Waals surface area (Å²) in [4.78, 5) is 26.0. The van der Waals surface area contributed by atoms with Crippen LogP contribution in [0.5, 0.6) is 11.5 Å². The number of hydrogen-bond donors (Lipinski definition) is 4. The zero-order chi connectivity index (χ0) is 24.8. The zero-order valence-electron chi connectivity index (χ0n) is 20.1. The predicted molar refractivity (Wildman–Crippen MR) is 136 cm³/mol. The van der Waals surface area contributed by atoms with E-state index in [9.17, 15) is 19.8 Å². The Hall–Kier alpha value is -3.80. The number of anilines is 2. The molecule has 0 unspecified atom stereocenters. The van der Waals surface area contributed by atoms with Gasteiger partial charge >= 0.3 is 0 Å². The van der Waals surface area contributed by atoms with E-state index in [1.807, 2.05) is 12.1 Å². The molecule has 0 radical (unpaired) electrons. The fourth-order valence-electron chi connectivity index (χ4n) is 3.98. The molecule has 0 spiro atoms. The van der Waals surface area contributed by atoms with Gasteiger partial charge in [0.15, 0.2) is 0 Å². The lowest BCUT2D eigenvalue weighted by Gasteiger charge is -2.15. The Morgan fingerprint density at radius 3 is 1.44 bits per heavy atom. The summed E-state index contributed by atoms with van der Waals surface area (Å²) in [6.07, 6.45) is 1.32. The average molecular weight is 461 g/mol. The highest BCUT2D eigenvalue weighted by Gasteiger charge is 2.19. The number of nitrogens with one attached hydrogen (secondary N) is 2. The molecule has 34 heavy (non-hydrogen) atoms. The van der Waals surface area contributed by atoms with Crippen LogP contribution >= 0.6 is 0 Å². The molecule has 6 nitrogen and oxygen atoms in total. The molecule has 0 fully saturated rings. The molecule has 0 aliphatic carbocycles. The van der Waals surface area contributed by atoms with Gasteiger partial charge in [0.25, 0.3) is 11.8 Å². The van der Waals surface area contributed by atoms with E-state index in [1.54, 1.807) is 36.4 Å². The smallest absolute Gasteiger partial charge is 0.259 e. The van der Waals surface area contributed by atoms with Crippen molar-refractivity contribution in [1.29, 1.82) is 0 Å². The molecular weight excluding hydrogens is 428 g/mol. The number of carbonyl (C=O) groups is 2. The number of rotatable bonds is 8. The Bertz CT molecular complexity index is 1100. The second kappa shape index (κ2) is 10.9. The highest BCUT2D eigenvalue weighted by Crippen LogP contribution is 2.27. The van der Waals surface area contributed by atoms with Crippen molar-refractivity contribution in [2.24, 2.45) is 11.8 Å². The number of amides is 2. The van der Waals surface area contributed by atoms with Gasteiger partial charge in [-0.05, 0) is 66.1 Å². The van der Waals surface area contributed by atoms with E-state index in [1.165, 1.54) is 12.1 Å². The third-order valence-electron chi connectivity index (χ3n) is 5.35. The Kier molecular flexibility index (Phi) is 7.95. The number of phenols is 2. The van der Waals surface area contributed by atoms with Gasteiger partial charge in [0, 0.05) is 11.4 Å². The van der Waals surface area contributed by atoms with Gasteiger partial charge in [0.2, 0.25) is 0 Å². The first-order valence-electron chi connectivity index (χ1n) is 11.5. The highest BCUT2D eigenvalue weighted by molar-refractivity contribution is 6.09. The standard InChI is InChI=1S/C28H32N2O4/c1-17(2)14-19-8-5-12-23(31)25(19)27(33)29-21-10-7-11-22(16-21)30-28(34)26-20(15-18(3)4)9-6-13-24(26)32/h5-13,16-18,31-32H,14-15H2,1-4H3,(H,29,33)(H,30,34). The molecule has 3 aromatic rings. The topological polar surface area (TPSA) is 98.7 Å². The number of hydrogen-bond acceptors (Lipinski definition) is 4. The van der Waals surface area contributed by atoms with E-state index in [4.69, 9.17) is 0 Å². The van der Waals surface area contributed by atoms with Crippen molar-refractivity contribution in [2.75, 3.05) is 10.6 Å². The maximum Gasteiger partial charge on any atom is 0.259 e. The van der Waals surface area contributed by atoms with Crippen LogP contribution in [-0.4, -0.2) is 22.0 Å². The predicted octanol–water partition coefficient (Wildman–Crippen LogP) is 6.00. The molecule has 0 bridgehead atoms. The van der Waals surface area contributed by atoms with Gasteiger partial charge in [-0.2, -0.15) is 0 Å². The van der Waals surface area contributed by atoms with Gasteiger partial charge < -0.3 is 20.8 Å². The molecule has 0 atom stereocenters. The summed E-state index contributed by atoms with van der Waals surface area (Å²) in [7, 11) is 0. The lowest BCUT2D eigenvalue weighted by atomic mass is 9.96. The Labute approximate surface area is 200 Å². The first-order chi connectivity index (χ1) is 16.2. The van der Waals surface area contributed by atoms with E-state index >= 15 is 0 Å². The van der Waals surface area contributed by atoms with Crippen LogP contribution < -0.4 is 10.6 Å². The molecule has 6 heteroatoms. The van der Waals surface area contributed by atoms with Crippen LogP contribution in [0.2, 0.25) is 0 Å². The van der Waals surface area contributed by atoms with Gasteiger partial charge in [0.05, 0.1) is 11.1 Å². The number of phenolic OH excluding ortho intramolecular Hbond substituents is 2. The maximum atomic E-state index is 13.0. The lowest BCUT2D eigenvalue weighted by Crippen LogP contribution is -2.17. The largest absolute Gasteiger partial charge is 0.507 e. The second-order valence-corrected chi connectivity index (χ2v) is 9.31. The monoisotopic (exact) mass is 460 g/mol. The summed E-state index contributed by atoms with van der Waals surface area (Å²) in [5.74, 6) is -0.340. The summed E-state index contributed by atoms with van der Waals surface area (Å²) >= 11 is 0. The minimum Gasteiger partial charge on any atom is -0.507 e. The SMILES string of the molecule is CC(C)Cc1cccc(O)c1C(=O)Nc1cccc(NC(=O)c2c(O)cccc2CC(C)C)c1. The minimum absolute atomic E-state index is 0.0719. The number of benzene rings is 3. The molecular formula is C28H32N2O4. The summed E-state index contributed by atoms with van der Waals surface area (Å²) in [6, 6.07) is 16.9. The third-order valence-corrected chi connectivity index (χ3v) is 5.35. The molecule has 3 rings (SSSR count). The van der Waals surface area contributed by atoms with Crippen molar-refractivity contribution in [3.63, 3.8) is 0 Å². The van der Waals surface area contributed by atoms with E-state index in [2.05, 4.69) is 38.3 Å². The third kappa shape index (κ3) is 6.16. The van der Waals surface area contributed by atoms with Crippen molar-refractivity contribution in [2.45, 2.75) is 40.5 Å². The van der Waals surface area contributed by atoms with Crippen LogP contribution in [0.3, 0.4) is 0 Å². The molecule has 0 aromatic heterocycles. The lowest BCUT2D eigenvalue weighted by molar-refractivity contribution is 0.101. The van der Waals surface area contributed by atoms with E-state index in [0.29, 0.717) is 36.1 Å². The van der Waals surface area contributed by atoms with E-state index < -0.39 is 11.8 Å². The molecule has 0 heterocycles. The summed E-state index contributed by atoms with van der Waals surface area (Å²) in [5.41, 5.74) is 2.99. The molecule has 178 valence electrons. The minimum atomic E-state index is -0.419. The van der Waals surface area contributed by atoms with Gasteiger partial charge in [0.1, 0.15) is 11.5 Å². The molecule has 4 N–H and O–H groups in total. The maximum absolute atomic E-state index is 13.0. The first kappa shape index (κ1) is 24.8. The average Bonchev–Trinajstić information content (AvgIpc) is 2.73. The Morgan fingerprint density at radius 2 is 1.06 bits per heavy atom. The molecule has 0 saturated heterocycles. The van der Waals surface area contributed by atoms with E-state index in [-0.39, 0.29) is 22.6 Å². The molecule has 3 aromatic carbocycles. The van der Waals surface area contributed by atoms with Gasteiger partial charge in [-0.3, -0.25) is 9.59 Å². The zero-order valence-corrected chi connectivity index (χ0v) is 20.1. The quantitative estimate of drug-likeness (QED) is 0.331. The van der Waals surface area contributed by atoms with Crippen LogP contribution in [-0.2, 0) is 12.8 Å². The van der Waals surface area contributed by atoms with Crippen LogP contribution in [0.15, 0.2) is 60.7 Å². The van der Waals surface area contributed by atoms with E-state index in [0.717, 1.165) is 11.1 Å². The summed E-state index contributed by atoms with van der Waals surface area (Å²) in [5, 5.41) is 26.3. The van der Waals surface area contributed by atoms with Crippen LogP contribution in [0.1, 0.15) is 59.5 Å². The summed E-state index contributed by atoms with van der Waals surface area (Å²) < 4.78 is 0. The van der Waals surface area contributed by atoms with Gasteiger partial charge in [-0.1, -0.05) is 58.0 Å². The fraction of sp³-hybridized carbons (Fsp3) is 0.286. The van der Waals surface area contributed by atoms with Crippen molar-refractivity contribution >= 4 is 23.2 Å². The Morgan fingerprint density at radius 1 is 0.676 bits per heavy atom. The van der Waals surface area contributed by atoms with Crippen molar-refractivity contribution in [1.82, 2.24) is 0 Å². The summed E-state index contributed by atoms with van der Waals surface area (Å²) in [6.45, 7) is 8.20. The fourth-order valence-corrected chi connectivity index (χ4v) is 3.98. The van der Waals surface area contributed by atoms with Crippen LogP contribution in [0, 0.1) is 11.8 Å². The molecule has 0 aliphatic rings. The molecule has 0 saturated carbocycles. The normalized spacial score (nSPS) is 11.0. The van der Waals surface area contributed by atoms with Crippen molar-refractivity contribution in [3.8, 4) is 11.5 Å². The van der Waals surface area contributed by atoms with Gasteiger partial charge in [-0.25, -0.2) is 0 Å². The second-order valence-electron chi connectivity index (χ2n) is 9.31. The highest BCUT2D eigenvalue weighted by atomic mass is 16.3. The van der Waals surface area contributed by atoms with Crippen LogP contribution in [0.4, 0.5) is 11.4 Å². The number of carbonyl (C=O) groups excluding carboxylic acids is 2. The van der Waals surface area contributed by atoms with Crippen molar-refractivity contribution < 1.29 is 19.8 Å². The van der Waals surface area contributed by atoms with Crippen LogP contribution in [0.25, 0.3) is 0 Å². The van der Waals surface area contributed by atoms with Crippen molar-refractivity contribution in [3.05, 3.63) is 82.9 Å². The molecule has 2 amide bonds. The molecule has 0 aliphatic heterocycles. The Balaban J connectivity index is 1.81.